The van der Waals surface area contributed by atoms with E-state index in [1.165, 1.54) is 32.1 Å². The van der Waals surface area contributed by atoms with Gasteiger partial charge in [0.1, 0.15) is 0 Å². The van der Waals surface area contributed by atoms with Gasteiger partial charge >= 0.3 is 0 Å². The quantitative estimate of drug-likeness (QED) is 0.515. The summed E-state index contributed by atoms with van der Waals surface area (Å²) >= 11 is 0. The molecule has 1 aliphatic carbocycles. The van der Waals surface area contributed by atoms with E-state index in [1.807, 2.05) is 20.8 Å². The normalized spacial score (nSPS) is 19.4. The van der Waals surface area contributed by atoms with Gasteiger partial charge in [-0.15, -0.1) is 0 Å². The first-order valence-corrected chi connectivity index (χ1v) is 6.55. The lowest BCUT2D eigenvalue weighted by molar-refractivity contribution is -0.0905. The number of rotatable bonds is 6. The average molecular weight is 227 g/mol. The lowest BCUT2D eigenvalue weighted by Crippen LogP contribution is -2.27. The molecule has 0 aromatic rings. The predicted octanol–water partition coefficient (Wildman–Crippen LogP) is 3.18. The van der Waals surface area contributed by atoms with E-state index in [4.69, 9.17) is 14.5 Å². The molecule has 3 nitrogen and oxygen atoms in total. The van der Waals surface area contributed by atoms with Gasteiger partial charge in [0.15, 0.2) is 6.29 Å². The van der Waals surface area contributed by atoms with Crippen molar-refractivity contribution >= 4 is 5.71 Å². The van der Waals surface area contributed by atoms with E-state index >= 15 is 0 Å². The molecule has 1 saturated carbocycles. The Morgan fingerprint density at radius 2 is 1.69 bits per heavy atom. The molecule has 0 radical (unpaired) electrons. The van der Waals surface area contributed by atoms with Crippen LogP contribution in [0.5, 0.6) is 0 Å². The van der Waals surface area contributed by atoms with Gasteiger partial charge in [0.25, 0.3) is 0 Å². The van der Waals surface area contributed by atoms with Crippen LogP contribution in [0, 0.1) is 0 Å². The highest BCUT2D eigenvalue weighted by molar-refractivity contribution is 5.85. The highest BCUT2D eigenvalue weighted by Crippen LogP contribution is 2.20. The molecule has 0 N–H and O–H groups in total. The topological polar surface area (TPSA) is 30.8 Å². The first-order valence-electron chi connectivity index (χ1n) is 6.55. The highest BCUT2D eigenvalue weighted by atomic mass is 16.7. The Morgan fingerprint density at radius 3 is 2.19 bits per heavy atom. The largest absolute Gasteiger partial charge is 0.348 e. The zero-order valence-corrected chi connectivity index (χ0v) is 10.9. The number of hydrogen-bond acceptors (Lipinski definition) is 3. The van der Waals surface area contributed by atoms with Crippen LogP contribution in [0.2, 0.25) is 0 Å². The predicted molar refractivity (Wildman–Crippen MR) is 67.0 cm³/mol. The van der Waals surface area contributed by atoms with E-state index in [0.717, 1.165) is 5.71 Å². The highest BCUT2D eigenvalue weighted by Gasteiger charge is 2.16. The van der Waals surface area contributed by atoms with Crippen molar-refractivity contribution in [2.75, 3.05) is 13.2 Å². The number of ether oxygens (including phenoxy) is 2. The summed E-state index contributed by atoms with van der Waals surface area (Å²) in [6, 6.07) is 0.497. The molecule has 0 saturated heterocycles. The van der Waals surface area contributed by atoms with E-state index in [0.29, 0.717) is 19.3 Å². The molecule has 1 fully saturated rings. The van der Waals surface area contributed by atoms with Crippen LogP contribution >= 0.6 is 0 Å². The summed E-state index contributed by atoms with van der Waals surface area (Å²) in [7, 11) is 0. The third kappa shape index (κ3) is 4.62. The van der Waals surface area contributed by atoms with Gasteiger partial charge in [0.2, 0.25) is 0 Å². The van der Waals surface area contributed by atoms with Crippen LogP contribution in [0.25, 0.3) is 0 Å². The summed E-state index contributed by atoms with van der Waals surface area (Å²) in [4.78, 5) is 4.74. The van der Waals surface area contributed by atoms with Crippen LogP contribution in [0.15, 0.2) is 4.99 Å². The van der Waals surface area contributed by atoms with Crippen LogP contribution in [0.1, 0.15) is 52.9 Å². The Morgan fingerprint density at radius 1 is 1.12 bits per heavy atom. The second-order valence-electron chi connectivity index (χ2n) is 4.30. The minimum absolute atomic E-state index is 0.239. The maximum absolute atomic E-state index is 5.53. The van der Waals surface area contributed by atoms with Gasteiger partial charge < -0.3 is 9.47 Å². The Labute approximate surface area is 99.2 Å². The zero-order chi connectivity index (χ0) is 11.8. The number of aliphatic imine (C=N–C) groups is 1. The summed E-state index contributed by atoms with van der Waals surface area (Å²) in [6.07, 6.45) is 6.21. The number of nitrogens with zero attached hydrogens (tertiary/aromatic N) is 1. The van der Waals surface area contributed by atoms with Crippen molar-refractivity contribution in [2.45, 2.75) is 65.2 Å². The molecule has 1 aliphatic rings. The molecule has 0 heterocycles. The van der Waals surface area contributed by atoms with Crippen LogP contribution in [-0.4, -0.2) is 31.3 Å². The molecule has 0 unspecified atom stereocenters. The molecule has 0 spiro atoms. The van der Waals surface area contributed by atoms with Crippen LogP contribution in [0.4, 0.5) is 0 Å². The Balaban J connectivity index is 2.49. The average Bonchev–Trinajstić information content (AvgIpc) is 2.30. The smallest absolute Gasteiger partial charge is 0.196 e. The molecule has 0 bridgehead atoms. The summed E-state index contributed by atoms with van der Waals surface area (Å²) in [6.45, 7) is 7.33. The minimum Gasteiger partial charge on any atom is -0.348 e. The van der Waals surface area contributed by atoms with Crippen LogP contribution in [-0.2, 0) is 9.47 Å². The number of hydrogen-bond donors (Lipinski definition) is 0. The van der Waals surface area contributed by atoms with Gasteiger partial charge in [0.05, 0.1) is 11.8 Å². The fourth-order valence-electron chi connectivity index (χ4n) is 2.15. The van der Waals surface area contributed by atoms with E-state index in [-0.39, 0.29) is 6.29 Å². The second-order valence-corrected chi connectivity index (χ2v) is 4.30. The van der Waals surface area contributed by atoms with Crippen molar-refractivity contribution < 1.29 is 9.47 Å². The van der Waals surface area contributed by atoms with Gasteiger partial charge in [-0.25, -0.2) is 0 Å². The first kappa shape index (κ1) is 13.7. The standard InChI is InChI=1S/C13H25NO2/c1-4-15-13(16-5-2)11(3)14-12-9-7-6-8-10-12/h12-13H,4-10H2,1-3H3. The monoisotopic (exact) mass is 227 g/mol. The Bertz CT molecular complexity index is 204. The zero-order valence-electron chi connectivity index (χ0n) is 10.9. The van der Waals surface area contributed by atoms with Crippen molar-refractivity contribution in [1.82, 2.24) is 0 Å². The van der Waals surface area contributed by atoms with Gasteiger partial charge in [-0.1, -0.05) is 19.3 Å². The molecule has 94 valence electrons. The van der Waals surface area contributed by atoms with E-state index in [2.05, 4.69) is 0 Å². The van der Waals surface area contributed by atoms with Crippen molar-refractivity contribution in [2.24, 2.45) is 4.99 Å². The third-order valence-electron chi connectivity index (χ3n) is 2.94. The SMILES string of the molecule is CCOC(OCC)C(C)=NC1CCCCC1. The molecule has 0 aromatic carbocycles. The molecule has 0 aromatic heterocycles. The summed E-state index contributed by atoms with van der Waals surface area (Å²) < 4.78 is 11.1. The molecular weight excluding hydrogens is 202 g/mol. The summed E-state index contributed by atoms with van der Waals surface area (Å²) in [5.41, 5.74) is 0.996. The maximum Gasteiger partial charge on any atom is 0.196 e. The summed E-state index contributed by atoms with van der Waals surface area (Å²) in [5, 5.41) is 0. The van der Waals surface area contributed by atoms with Gasteiger partial charge in [-0.3, -0.25) is 4.99 Å². The third-order valence-corrected chi connectivity index (χ3v) is 2.94. The summed E-state index contributed by atoms with van der Waals surface area (Å²) in [5.74, 6) is 0. The van der Waals surface area contributed by atoms with Crippen molar-refractivity contribution in [1.29, 1.82) is 0 Å². The van der Waals surface area contributed by atoms with Crippen molar-refractivity contribution in [3.8, 4) is 0 Å². The molecule has 3 heteroatoms. The molecule has 0 amide bonds. The van der Waals surface area contributed by atoms with E-state index < -0.39 is 0 Å². The van der Waals surface area contributed by atoms with Gasteiger partial charge in [-0.05, 0) is 33.6 Å². The first-order chi connectivity index (χ1) is 7.77. The van der Waals surface area contributed by atoms with Gasteiger partial charge in [0, 0.05) is 13.2 Å². The van der Waals surface area contributed by atoms with E-state index in [1.54, 1.807) is 0 Å². The minimum atomic E-state index is -0.239. The van der Waals surface area contributed by atoms with Gasteiger partial charge in [-0.2, -0.15) is 0 Å². The molecule has 0 atom stereocenters. The molecule has 0 aliphatic heterocycles. The maximum atomic E-state index is 5.53. The molecule has 16 heavy (non-hydrogen) atoms. The van der Waals surface area contributed by atoms with E-state index in [9.17, 15) is 0 Å². The molecule has 1 rings (SSSR count). The molecular formula is C13H25NO2. The van der Waals surface area contributed by atoms with Crippen LogP contribution < -0.4 is 0 Å². The van der Waals surface area contributed by atoms with Crippen LogP contribution in [0.3, 0.4) is 0 Å². The fourth-order valence-corrected chi connectivity index (χ4v) is 2.15. The Hall–Kier alpha value is -0.410. The van der Waals surface area contributed by atoms with Crippen molar-refractivity contribution in [3.63, 3.8) is 0 Å². The second kappa shape index (κ2) is 7.80. The fraction of sp³-hybridized carbons (Fsp3) is 0.923. The van der Waals surface area contributed by atoms with Crippen molar-refractivity contribution in [3.05, 3.63) is 0 Å². The Kier molecular flexibility index (Phi) is 6.65. The lowest BCUT2D eigenvalue weighted by atomic mass is 9.96. The lowest BCUT2D eigenvalue weighted by Gasteiger charge is -2.22.